The highest BCUT2D eigenvalue weighted by atomic mass is 14.8. The maximum absolute atomic E-state index is 3.78. The van der Waals surface area contributed by atoms with Crippen LogP contribution in [0.4, 0.5) is 0 Å². The van der Waals surface area contributed by atoms with Gasteiger partial charge in [-0.2, -0.15) is 0 Å². The summed E-state index contributed by atoms with van der Waals surface area (Å²) in [5.74, 6) is 0. The number of H-pyrrole nitrogens is 8. The number of rotatable bonds is 4. The normalized spacial score (nSPS) is 13.3. The molecular formula is C36H28N8. The first-order valence-corrected chi connectivity index (χ1v) is 14.6. The highest BCUT2D eigenvalue weighted by molar-refractivity contribution is 5.84. The van der Waals surface area contributed by atoms with Crippen LogP contribution in [0.1, 0.15) is 45.0 Å². The SMILES string of the molecule is c1cc(C2=c3ccc([nH]3)=C(c3cc[nH]c3)c3ccc([nH]3)C(c3cc[nH]c3)=c3ccc([nH]3)=C(c3cc[nH]c3)c3ccc2[nH]3)c[nH]1. The van der Waals surface area contributed by atoms with Gasteiger partial charge in [0.15, 0.2) is 0 Å². The predicted octanol–water partition coefficient (Wildman–Crippen LogP) is 3.61. The van der Waals surface area contributed by atoms with Gasteiger partial charge < -0.3 is 39.9 Å². The van der Waals surface area contributed by atoms with Gasteiger partial charge in [-0.05, 0) is 72.8 Å². The van der Waals surface area contributed by atoms with Crippen LogP contribution in [0.2, 0.25) is 0 Å². The van der Waals surface area contributed by atoms with Gasteiger partial charge in [-0.3, -0.25) is 0 Å². The van der Waals surface area contributed by atoms with E-state index in [0.29, 0.717) is 0 Å². The molecule has 8 heteroatoms. The molecule has 8 nitrogen and oxygen atoms in total. The van der Waals surface area contributed by atoms with Gasteiger partial charge in [-0.1, -0.05) is 0 Å². The summed E-state index contributed by atoms with van der Waals surface area (Å²) in [6.07, 6.45) is 16.0. The maximum atomic E-state index is 3.78. The predicted molar refractivity (Wildman–Crippen MR) is 171 cm³/mol. The molecule has 8 aromatic rings. The molecule has 0 radical (unpaired) electrons. The third kappa shape index (κ3) is 3.85. The molecule has 44 heavy (non-hydrogen) atoms. The molecule has 0 aliphatic carbocycles. The van der Waals surface area contributed by atoms with E-state index in [9.17, 15) is 0 Å². The smallest absolute Gasteiger partial charge is 0.0486 e. The average Bonchev–Trinajstić information content (AvgIpc) is 3.90. The molecule has 212 valence electrons. The van der Waals surface area contributed by atoms with Gasteiger partial charge >= 0.3 is 0 Å². The van der Waals surface area contributed by atoms with Crippen molar-refractivity contribution in [3.8, 4) is 0 Å². The first kappa shape index (κ1) is 24.3. The standard InChI is InChI=1S/C36H28N8/c1-2-26-34(22-10-14-38-18-22)28-5-6-30(43-28)36(24-12-16-40-20-24)32-8-7-31(44-32)35(23-11-15-39-19-23)29-4-3-27(42-29)33(25(1)41-26)21-9-13-37-17-21/h1-20,37-44H. The minimum absolute atomic E-state index is 1.02. The minimum atomic E-state index is 1.02. The van der Waals surface area contributed by atoms with Crippen LogP contribution in [0.5, 0.6) is 0 Å². The van der Waals surface area contributed by atoms with Crippen molar-refractivity contribution in [2.45, 2.75) is 0 Å². The molecule has 0 amide bonds. The molecule has 0 unspecified atom stereocenters. The van der Waals surface area contributed by atoms with E-state index < -0.39 is 0 Å². The third-order valence-electron chi connectivity index (χ3n) is 8.45. The summed E-state index contributed by atoms with van der Waals surface area (Å²) < 4.78 is 0. The van der Waals surface area contributed by atoms with Crippen LogP contribution in [0.15, 0.2) is 122 Å². The van der Waals surface area contributed by atoms with Crippen LogP contribution >= 0.6 is 0 Å². The maximum Gasteiger partial charge on any atom is 0.0486 e. The van der Waals surface area contributed by atoms with E-state index in [1.54, 1.807) is 0 Å². The summed E-state index contributed by atoms with van der Waals surface area (Å²) in [7, 11) is 0. The van der Waals surface area contributed by atoms with Crippen LogP contribution < -0.4 is 21.4 Å². The first-order valence-electron chi connectivity index (χ1n) is 14.6. The largest absolute Gasteiger partial charge is 0.367 e. The van der Waals surface area contributed by atoms with Crippen LogP contribution in [0, 0.1) is 0 Å². The van der Waals surface area contributed by atoms with Crippen molar-refractivity contribution < 1.29 is 0 Å². The molecular weight excluding hydrogens is 544 g/mol. The average molecular weight is 573 g/mol. The summed E-state index contributed by atoms with van der Waals surface area (Å²) >= 11 is 0. The van der Waals surface area contributed by atoms with Crippen molar-refractivity contribution in [1.29, 1.82) is 0 Å². The van der Waals surface area contributed by atoms with E-state index in [0.717, 1.165) is 88.7 Å². The van der Waals surface area contributed by atoms with Crippen LogP contribution in [-0.4, -0.2) is 39.9 Å². The summed E-state index contributed by atoms with van der Waals surface area (Å²) in [6, 6.07) is 25.7. The Morgan fingerprint density at radius 2 is 0.545 bits per heavy atom. The lowest BCUT2D eigenvalue weighted by Gasteiger charge is -2.07. The molecule has 0 aromatic carbocycles. The van der Waals surface area contributed by atoms with E-state index >= 15 is 0 Å². The van der Waals surface area contributed by atoms with E-state index in [-0.39, 0.29) is 0 Å². The van der Waals surface area contributed by atoms with Gasteiger partial charge in [0.1, 0.15) is 0 Å². The Morgan fingerprint density at radius 1 is 0.273 bits per heavy atom. The molecule has 1 aliphatic rings. The van der Waals surface area contributed by atoms with E-state index in [4.69, 9.17) is 0 Å². The quantitative estimate of drug-likeness (QED) is 0.157. The van der Waals surface area contributed by atoms with Gasteiger partial charge in [0, 0.05) is 138 Å². The lowest BCUT2D eigenvalue weighted by atomic mass is 10.1. The molecule has 1 aliphatic heterocycles. The van der Waals surface area contributed by atoms with Crippen molar-refractivity contribution in [2.24, 2.45) is 0 Å². The van der Waals surface area contributed by atoms with E-state index in [1.165, 1.54) is 0 Å². The Balaban J connectivity index is 1.44. The van der Waals surface area contributed by atoms with Crippen LogP contribution in [0.3, 0.4) is 0 Å². The second kappa shape index (κ2) is 9.64. The highest BCUT2D eigenvalue weighted by Crippen LogP contribution is 2.27. The summed E-state index contributed by atoms with van der Waals surface area (Å²) in [5.41, 5.74) is 12.8. The van der Waals surface area contributed by atoms with Crippen LogP contribution in [-0.2, 0) is 0 Å². The molecule has 9 heterocycles. The summed E-state index contributed by atoms with van der Waals surface area (Å²) in [6.45, 7) is 0. The summed E-state index contributed by atoms with van der Waals surface area (Å²) in [4.78, 5) is 28.1. The topological polar surface area (TPSA) is 126 Å². The molecule has 8 bridgehead atoms. The van der Waals surface area contributed by atoms with Gasteiger partial charge in [0.2, 0.25) is 0 Å². The fourth-order valence-corrected chi connectivity index (χ4v) is 6.49. The number of nitrogens with one attached hydrogen (secondary N) is 8. The van der Waals surface area contributed by atoms with E-state index in [1.807, 2.05) is 49.6 Å². The Kier molecular flexibility index (Phi) is 5.33. The molecule has 0 saturated carbocycles. The summed E-state index contributed by atoms with van der Waals surface area (Å²) in [5, 5.41) is 4.07. The highest BCUT2D eigenvalue weighted by Gasteiger charge is 2.18. The lowest BCUT2D eigenvalue weighted by molar-refractivity contribution is 1.19. The Labute approximate surface area is 250 Å². The monoisotopic (exact) mass is 572 g/mol. The van der Waals surface area contributed by atoms with Crippen molar-refractivity contribution >= 4 is 22.3 Å². The van der Waals surface area contributed by atoms with Crippen molar-refractivity contribution in [3.05, 3.63) is 189 Å². The van der Waals surface area contributed by atoms with Gasteiger partial charge in [0.05, 0.1) is 0 Å². The molecule has 8 aromatic heterocycles. The Hall–Kier alpha value is -6.28. The lowest BCUT2D eigenvalue weighted by Crippen LogP contribution is -2.18. The fourth-order valence-electron chi connectivity index (χ4n) is 6.49. The molecule has 0 atom stereocenters. The van der Waals surface area contributed by atoms with E-state index in [2.05, 4.69) is 113 Å². The number of hydrogen-bond acceptors (Lipinski definition) is 0. The zero-order valence-electron chi connectivity index (χ0n) is 23.5. The van der Waals surface area contributed by atoms with Gasteiger partial charge in [-0.15, -0.1) is 0 Å². The van der Waals surface area contributed by atoms with Crippen LogP contribution in [0.25, 0.3) is 22.3 Å². The van der Waals surface area contributed by atoms with Crippen molar-refractivity contribution in [1.82, 2.24) is 39.9 Å². The third-order valence-corrected chi connectivity index (χ3v) is 8.45. The fraction of sp³-hybridized carbons (Fsp3) is 0. The first-order chi connectivity index (χ1) is 21.8. The zero-order chi connectivity index (χ0) is 29.0. The van der Waals surface area contributed by atoms with Gasteiger partial charge in [-0.25, -0.2) is 0 Å². The Bertz CT molecular complexity index is 2120. The molecule has 0 saturated heterocycles. The second-order valence-electron chi connectivity index (χ2n) is 11.0. The number of aromatic amines is 8. The minimum Gasteiger partial charge on any atom is -0.367 e. The Morgan fingerprint density at radius 3 is 0.773 bits per heavy atom. The molecule has 9 rings (SSSR count). The zero-order valence-corrected chi connectivity index (χ0v) is 23.5. The second-order valence-corrected chi connectivity index (χ2v) is 11.0. The van der Waals surface area contributed by atoms with Crippen molar-refractivity contribution in [3.63, 3.8) is 0 Å². The molecule has 8 N–H and O–H groups in total. The number of aromatic nitrogens is 8. The van der Waals surface area contributed by atoms with Crippen molar-refractivity contribution in [2.75, 3.05) is 0 Å². The molecule has 0 fully saturated rings. The number of fused-ring (bicyclic) bond motifs is 8. The molecule has 0 spiro atoms. The van der Waals surface area contributed by atoms with Gasteiger partial charge in [0.25, 0.3) is 0 Å². The number of hydrogen-bond donors (Lipinski definition) is 8.